The van der Waals surface area contributed by atoms with Gasteiger partial charge in [-0.1, -0.05) is 25.5 Å². The molecule has 0 radical (unpaired) electrons. The van der Waals surface area contributed by atoms with Crippen molar-refractivity contribution < 1.29 is 19.1 Å². The molecule has 168 valence electrons. The predicted octanol–water partition coefficient (Wildman–Crippen LogP) is 3.50. The molecule has 1 atom stereocenters. The van der Waals surface area contributed by atoms with E-state index in [1.807, 2.05) is 24.3 Å². The van der Waals surface area contributed by atoms with Crippen molar-refractivity contribution in [2.24, 2.45) is 0 Å². The minimum atomic E-state index is -0.604. The molecule has 3 N–H and O–H groups in total. The number of anilines is 2. The van der Waals surface area contributed by atoms with Gasteiger partial charge in [-0.3, -0.25) is 9.59 Å². The summed E-state index contributed by atoms with van der Waals surface area (Å²) < 4.78 is 10.3. The van der Waals surface area contributed by atoms with Crippen LogP contribution in [0.2, 0.25) is 0 Å². The Bertz CT molecular complexity index is 884. The maximum absolute atomic E-state index is 12.8. The normalized spacial score (nSPS) is 11.6. The van der Waals surface area contributed by atoms with E-state index in [1.165, 1.54) is 6.92 Å². The Morgan fingerprint density at radius 3 is 2.45 bits per heavy atom. The third kappa shape index (κ3) is 6.67. The van der Waals surface area contributed by atoms with Crippen molar-refractivity contribution in [2.75, 3.05) is 31.3 Å². The monoisotopic (exact) mass is 428 g/mol. The fourth-order valence-corrected chi connectivity index (χ4v) is 3.40. The van der Waals surface area contributed by atoms with Gasteiger partial charge in [0.15, 0.2) is 0 Å². The molecule has 0 aliphatic rings. The number of aromatic nitrogens is 2. The zero-order valence-electron chi connectivity index (χ0n) is 18.7. The number of carbonyl (C=O) groups is 2. The quantitative estimate of drug-likeness (QED) is 0.390. The number of esters is 1. The lowest BCUT2D eigenvalue weighted by atomic mass is 9.86. The van der Waals surface area contributed by atoms with Gasteiger partial charge in [0.2, 0.25) is 5.95 Å². The molecule has 0 fully saturated rings. The van der Waals surface area contributed by atoms with Crippen molar-refractivity contribution in [2.45, 2.75) is 52.4 Å². The molecule has 0 aliphatic heterocycles. The number of rotatable bonds is 12. The lowest BCUT2D eigenvalue weighted by molar-refractivity contribution is -0.143. The molecule has 0 saturated heterocycles. The summed E-state index contributed by atoms with van der Waals surface area (Å²) in [5.41, 5.74) is 7.97. The van der Waals surface area contributed by atoms with Crippen molar-refractivity contribution in [3.05, 3.63) is 41.1 Å². The molecular formula is C23H32N4O4. The number of unbranched alkanes of at least 4 members (excludes halogenated alkanes) is 1. The van der Waals surface area contributed by atoms with Crippen LogP contribution in [0.4, 0.5) is 11.8 Å². The average Bonchev–Trinajstić information content (AvgIpc) is 2.74. The zero-order chi connectivity index (χ0) is 22.8. The third-order valence-corrected chi connectivity index (χ3v) is 4.88. The summed E-state index contributed by atoms with van der Waals surface area (Å²) in [6.07, 6.45) is 2.38. The fraction of sp³-hybridized carbons (Fsp3) is 0.478. The van der Waals surface area contributed by atoms with Gasteiger partial charge >= 0.3 is 5.97 Å². The molecule has 1 unspecified atom stereocenters. The number of hydrogen-bond donors (Lipinski definition) is 2. The Kier molecular flexibility index (Phi) is 9.24. The predicted molar refractivity (Wildman–Crippen MR) is 120 cm³/mol. The molecule has 2 rings (SSSR count). The molecule has 0 bridgehead atoms. The molecular weight excluding hydrogens is 396 g/mol. The number of carbonyl (C=O) groups excluding carboxylic acids is 2. The highest BCUT2D eigenvalue weighted by molar-refractivity contribution is 5.89. The van der Waals surface area contributed by atoms with Gasteiger partial charge in [0.25, 0.3) is 0 Å². The van der Waals surface area contributed by atoms with Crippen LogP contribution in [0.3, 0.4) is 0 Å². The molecule has 1 aromatic heterocycles. The average molecular weight is 429 g/mol. The van der Waals surface area contributed by atoms with Crippen molar-refractivity contribution >= 4 is 23.5 Å². The highest BCUT2D eigenvalue weighted by atomic mass is 16.5. The lowest BCUT2D eigenvalue weighted by Gasteiger charge is -2.22. The van der Waals surface area contributed by atoms with E-state index in [2.05, 4.69) is 22.2 Å². The van der Waals surface area contributed by atoms with Gasteiger partial charge in [-0.05, 0) is 38.0 Å². The Morgan fingerprint density at radius 1 is 1.16 bits per heavy atom. The van der Waals surface area contributed by atoms with Crippen LogP contribution in [0, 0.1) is 0 Å². The number of nitrogens with two attached hydrogens (primary N) is 1. The third-order valence-electron chi connectivity index (χ3n) is 4.88. The SMILES string of the molecule is CCCCNc1nc(N)nc(CCC(=O)OCC)c1C(C(C)=O)c1ccc(OC)cc1. The van der Waals surface area contributed by atoms with E-state index in [-0.39, 0.29) is 24.1 Å². The van der Waals surface area contributed by atoms with E-state index in [1.54, 1.807) is 14.0 Å². The number of Topliss-reactive ketones (excluding diaryl/α,β-unsaturated/α-hetero) is 1. The molecule has 31 heavy (non-hydrogen) atoms. The molecule has 8 heteroatoms. The van der Waals surface area contributed by atoms with Crippen molar-refractivity contribution in [1.82, 2.24) is 9.97 Å². The fourth-order valence-electron chi connectivity index (χ4n) is 3.40. The summed E-state index contributed by atoms with van der Waals surface area (Å²) in [5, 5.41) is 3.31. The molecule has 1 aromatic carbocycles. The maximum atomic E-state index is 12.8. The number of ketones is 1. The second kappa shape index (κ2) is 11.9. The molecule has 2 aromatic rings. The van der Waals surface area contributed by atoms with Crippen molar-refractivity contribution in [3.8, 4) is 5.75 Å². The smallest absolute Gasteiger partial charge is 0.306 e. The highest BCUT2D eigenvalue weighted by Crippen LogP contribution is 2.34. The standard InChI is InChI=1S/C23H32N4O4/c1-5-7-14-25-22-21(18(26-23(24)27-22)12-13-19(29)31-6-2)20(15(3)28)16-8-10-17(30-4)11-9-16/h8-11,20H,5-7,12-14H2,1-4H3,(H3,24,25,26,27). The van der Waals surface area contributed by atoms with Crippen LogP contribution in [0.1, 0.15) is 62.8 Å². The molecule has 8 nitrogen and oxygen atoms in total. The number of ether oxygens (including phenoxy) is 2. The number of aryl methyl sites for hydroxylation is 1. The zero-order valence-corrected chi connectivity index (χ0v) is 18.7. The Labute approximate surface area is 183 Å². The topological polar surface area (TPSA) is 116 Å². The van der Waals surface area contributed by atoms with E-state index in [0.717, 1.165) is 18.4 Å². The van der Waals surface area contributed by atoms with Crippen LogP contribution < -0.4 is 15.8 Å². The van der Waals surface area contributed by atoms with E-state index < -0.39 is 5.92 Å². The van der Waals surface area contributed by atoms with Crippen molar-refractivity contribution in [1.29, 1.82) is 0 Å². The van der Waals surface area contributed by atoms with Gasteiger partial charge in [-0.25, -0.2) is 4.98 Å². The Balaban J connectivity index is 2.55. The van der Waals surface area contributed by atoms with Gasteiger partial charge in [0.1, 0.15) is 17.4 Å². The van der Waals surface area contributed by atoms with Crippen LogP contribution in [0.25, 0.3) is 0 Å². The number of nitrogens with one attached hydrogen (secondary N) is 1. The molecule has 0 spiro atoms. The van der Waals surface area contributed by atoms with Crippen molar-refractivity contribution in [3.63, 3.8) is 0 Å². The summed E-state index contributed by atoms with van der Waals surface area (Å²) >= 11 is 0. The molecule has 0 saturated carbocycles. The van der Waals surface area contributed by atoms with Gasteiger partial charge in [-0.15, -0.1) is 0 Å². The molecule has 0 amide bonds. The minimum Gasteiger partial charge on any atom is -0.497 e. The van der Waals surface area contributed by atoms with E-state index in [9.17, 15) is 9.59 Å². The first-order valence-electron chi connectivity index (χ1n) is 10.6. The summed E-state index contributed by atoms with van der Waals surface area (Å²) in [4.78, 5) is 33.6. The van der Waals surface area contributed by atoms with Gasteiger partial charge in [-0.2, -0.15) is 4.98 Å². The van der Waals surface area contributed by atoms with Crippen LogP contribution in [0.15, 0.2) is 24.3 Å². The summed E-state index contributed by atoms with van der Waals surface area (Å²) in [6, 6.07) is 7.33. The number of hydrogen-bond acceptors (Lipinski definition) is 8. The summed E-state index contributed by atoms with van der Waals surface area (Å²) in [7, 11) is 1.59. The Morgan fingerprint density at radius 2 is 1.87 bits per heavy atom. The first-order valence-corrected chi connectivity index (χ1v) is 10.6. The number of nitrogens with zero attached hydrogens (tertiary/aromatic N) is 2. The minimum absolute atomic E-state index is 0.0607. The van der Waals surface area contributed by atoms with E-state index in [0.29, 0.717) is 42.4 Å². The largest absolute Gasteiger partial charge is 0.497 e. The van der Waals surface area contributed by atoms with Gasteiger partial charge in [0, 0.05) is 18.5 Å². The maximum Gasteiger partial charge on any atom is 0.306 e. The number of benzene rings is 1. The number of nitrogen functional groups attached to an aromatic ring is 1. The Hall–Kier alpha value is -3.16. The van der Waals surface area contributed by atoms with Crippen LogP contribution in [-0.2, 0) is 20.7 Å². The first kappa shape index (κ1) is 24.1. The first-order chi connectivity index (χ1) is 14.9. The summed E-state index contributed by atoms with van der Waals surface area (Å²) in [5.74, 6) is 0.329. The van der Waals surface area contributed by atoms with E-state index >= 15 is 0 Å². The number of methoxy groups -OCH3 is 1. The van der Waals surface area contributed by atoms with Crippen LogP contribution in [0.5, 0.6) is 5.75 Å². The molecule has 0 aliphatic carbocycles. The second-order valence-electron chi connectivity index (χ2n) is 7.19. The molecule has 1 heterocycles. The van der Waals surface area contributed by atoms with Crippen LogP contribution in [-0.4, -0.2) is 42.0 Å². The van der Waals surface area contributed by atoms with Crippen LogP contribution >= 0.6 is 0 Å². The van der Waals surface area contributed by atoms with Gasteiger partial charge < -0.3 is 20.5 Å². The van der Waals surface area contributed by atoms with E-state index in [4.69, 9.17) is 15.2 Å². The summed E-state index contributed by atoms with van der Waals surface area (Å²) in [6.45, 7) is 6.39. The second-order valence-corrected chi connectivity index (χ2v) is 7.19. The lowest BCUT2D eigenvalue weighted by Crippen LogP contribution is -2.20. The highest BCUT2D eigenvalue weighted by Gasteiger charge is 2.28. The van der Waals surface area contributed by atoms with Gasteiger partial charge in [0.05, 0.1) is 31.7 Å².